The Morgan fingerprint density at radius 2 is 1.93 bits per heavy atom. The van der Waals surface area contributed by atoms with Crippen LogP contribution in [0.4, 0.5) is 0 Å². The molecule has 4 nitrogen and oxygen atoms in total. The van der Waals surface area contributed by atoms with Crippen molar-refractivity contribution < 1.29 is 4.79 Å². The van der Waals surface area contributed by atoms with Gasteiger partial charge in [0.25, 0.3) is 5.91 Å². The molecule has 0 bridgehead atoms. The van der Waals surface area contributed by atoms with Gasteiger partial charge in [-0.2, -0.15) is 5.26 Å². The van der Waals surface area contributed by atoms with Gasteiger partial charge < -0.3 is 9.88 Å². The summed E-state index contributed by atoms with van der Waals surface area (Å²) < 4.78 is 3.23. The Hall–Kier alpha value is -2.32. The maximum Gasteiger partial charge on any atom is 0.262 e. The Morgan fingerprint density at radius 1 is 1.21 bits per heavy atom. The van der Waals surface area contributed by atoms with E-state index in [-0.39, 0.29) is 17.5 Å². The summed E-state index contributed by atoms with van der Waals surface area (Å²) in [7, 11) is 0. The molecule has 0 atom stereocenters. The van der Waals surface area contributed by atoms with E-state index < -0.39 is 0 Å². The molecule has 0 unspecified atom stereocenters. The zero-order valence-electron chi connectivity index (χ0n) is 16.7. The number of aryl methyl sites for hydroxylation is 2. The van der Waals surface area contributed by atoms with E-state index in [0.29, 0.717) is 0 Å². The quantitative estimate of drug-likeness (QED) is 0.503. The number of nitrogens with zero attached hydrogens (tertiary/aromatic N) is 2. The van der Waals surface area contributed by atoms with Crippen molar-refractivity contribution in [2.45, 2.75) is 58.9 Å². The average molecular weight is 440 g/mol. The fourth-order valence-electron chi connectivity index (χ4n) is 3.91. The SMILES string of the molecule is Cc1cc(-n2c(C)cc(C=C(C#N)C(=O)NC3CCCCC3)c2C)ccc1Br. The van der Waals surface area contributed by atoms with Gasteiger partial charge in [-0.25, -0.2) is 0 Å². The molecule has 1 saturated carbocycles. The zero-order chi connectivity index (χ0) is 20.3. The molecule has 0 spiro atoms. The van der Waals surface area contributed by atoms with Crippen LogP contribution in [0.3, 0.4) is 0 Å². The molecule has 1 amide bonds. The van der Waals surface area contributed by atoms with E-state index in [1.807, 2.05) is 26.0 Å². The standard InChI is InChI=1S/C23H26BrN3O/c1-15-11-21(9-10-22(15)24)27-16(2)12-18(17(27)3)13-19(14-25)23(28)26-20-7-5-4-6-8-20/h9-13,20H,4-8H2,1-3H3,(H,26,28). The highest BCUT2D eigenvalue weighted by molar-refractivity contribution is 9.10. The Bertz CT molecular complexity index is 959. The van der Waals surface area contributed by atoms with Gasteiger partial charge in [0.1, 0.15) is 11.6 Å². The first-order valence-electron chi connectivity index (χ1n) is 9.79. The van der Waals surface area contributed by atoms with Gasteiger partial charge in [-0.15, -0.1) is 0 Å². The minimum Gasteiger partial charge on any atom is -0.349 e. The minimum absolute atomic E-state index is 0.165. The molecular weight excluding hydrogens is 414 g/mol. The average Bonchev–Trinajstić information content (AvgIpc) is 2.96. The highest BCUT2D eigenvalue weighted by Crippen LogP contribution is 2.26. The lowest BCUT2D eigenvalue weighted by atomic mass is 9.95. The number of rotatable bonds is 4. The monoisotopic (exact) mass is 439 g/mol. The van der Waals surface area contributed by atoms with Crippen LogP contribution in [0.15, 0.2) is 34.3 Å². The molecular formula is C23H26BrN3O. The number of carbonyl (C=O) groups excluding carboxylic acids is 1. The number of hydrogen-bond donors (Lipinski definition) is 1. The molecule has 1 fully saturated rings. The summed E-state index contributed by atoms with van der Waals surface area (Å²) in [6.45, 7) is 6.12. The second-order valence-electron chi connectivity index (χ2n) is 7.57. The number of halogens is 1. The number of nitrogens with one attached hydrogen (secondary N) is 1. The van der Waals surface area contributed by atoms with Crippen LogP contribution in [0.5, 0.6) is 0 Å². The molecule has 146 valence electrons. The van der Waals surface area contributed by atoms with Crippen molar-refractivity contribution in [2.24, 2.45) is 0 Å². The molecule has 3 rings (SSSR count). The van der Waals surface area contributed by atoms with Gasteiger partial charge in [0.15, 0.2) is 0 Å². The molecule has 0 aliphatic heterocycles. The van der Waals surface area contributed by atoms with Crippen LogP contribution in [0.2, 0.25) is 0 Å². The predicted molar refractivity (Wildman–Crippen MR) is 116 cm³/mol. The van der Waals surface area contributed by atoms with Crippen molar-refractivity contribution in [3.05, 3.63) is 56.8 Å². The maximum atomic E-state index is 12.6. The summed E-state index contributed by atoms with van der Waals surface area (Å²) in [5, 5.41) is 12.6. The molecule has 1 aromatic carbocycles. The lowest BCUT2D eigenvalue weighted by molar-refractivity contribution is -0.117. The van der Waals surface area contributed by atoms with E-state index in [4.69, 9.17) is 0 Å². The van der Waals surface area contributed by atoms with Crippen molar-refractivity contribution >= 4 is 27.9 Å². The normalized spacial score (nSPS) is 15.3. The van der Waals surface area contributed by atoms with Gasteiger partial charge in [0.05, 0.1) is 0 Å². The molecule has 1 N–H and O–H groups in total. The second kappa shape index (κ2) is 8.79. The third-order valence-corrected chi connectivity index (χ3v) is 6.37. The van der Waals surface area contributed by atoms with Gasteiger partial charge in [-0.1, -0.05) is 35.2 Å². The third kappa shape index (κ3) is 4.39. The predicted octanol–water partition coefficient (Wildman–Crippen LogP) is 5.52. The van der Waals surface area contributed by atoms with Gasteiger partial charge >= 0.3 is 0 Å². The van der Waals surface area contributed by atoms with E-state index in [9.17, 15) is 10.1 Å². The number of amides is 1. The fraction of sp³-hybridized carbons (Fsp3) is 0.391. The van der Waals surface area contributed by atoms with Crippen molar-refractivity contribution in [3.63, 3.8) is 0 Å². The Kier molecular flexibility index (Phi) is 6.41. The molecule has 28 heavy (non-hydrogen) atoms. The van der Waals surface area contributed by atoms with E-state index in [1.165, 1.54) is 6.42 Å². The summed E-state index contributed by atoms with van der Waals surface area (Å²) >= 11 is 3.54. The topological polar surface area (TPSA) is 57.8 Å². The lowest BCUT2D eigenvalue weighted by Crippen LogP contribution is -2.36. The largest absolute Gasteiger partial charge is 0.349 e. The molecule has 1 aliphatic rings. The van der Waals surface area contributed by atoms with Crippen LogP contribution in [-0.4, -0.2) is 16.5 Å². The second-order valence-corrected chi connectivity index (χ2v) is 8.43. The van der Waals surface area contributed by atoms with Crippen LogP contribution in [0.1, 0.15) is 54.6 Å². The highest BCUT2D eigenvalue weighted by Gasteiger charge is 2.19. The Labute approximate surface area is 175 Å². The summed E-state index contributed by atoms with van der Waals surface area (Å²) in [5.74, 6) is -0.265. The molecule has 2 aromatic rings. The Balaban J connectivity index is 1.89. The molecule has 1 aromatic heterocycles. The molecule has 1 aliphatic carbocycles. The number of benzene rings is 1. The van der Waals surface area contributed by atoms with Gasteiger partial charge in [-0.3, -0.25) is 4.79 Å². The van der Waals surface area contributed by atoms with Crippen molar-refractivity contribution in [2.75, 3.05) is 0 Å². The van der Waals surface area contributed by atoms with Crippen LogP contribution >= 0.6 is 15.9 Å². The van der Waals surface area contributed by atoms with Crippen LogP contribution in [-0.2, 0) is 4.79 Å². The molecule has 1 heterocycles. The van der Waals surface area contributed by atoms with E-state index >= 15 is 0 Å². The Morgan fingerprint density at radius 3 is 2.57 bits per heavy atom. The molecule has 0 saturated heterocycles. The summed E-state index contributed by atoms with van der Waals surface area (Å²) in [6, 6.07) is 10.5. The number of hydrogen-bond acceptors (Lipinski definition) is 2. The van der Waals surface area contributed by atoms with E-state index in [1.54, 1.807) is 6.08 Å². The third-order valence-electron chi connectivity index (χ3n) is 5.48. The highest BCUT2D eigenvalue weighted by atomic mass is 79.9. The maximum absolute atomic E-state index is 12.6. The van der Waals surface area contributed by atoms with Crippen molar-refractivity contribution in [1.82, 2.24) is 9.88 Å². The van der Waals surface area contributed by atoms with E-state index in [0.717, 1.165) is 58.4 Å². The summed E-state index contributed by atoms with van der Waals surface area (Å²) in [5.41, 5.74) is 5.37. The molecule has 5 heteroatoms. The van der Waals surface area contributed by atoms with Crippen LogP contribution in [0, 0.1) is 32.1 Å². The zero-order valence-corrected chi connectivity index (χ0v) is 18.3. The van der Waals surface area contributed by atoms with Crippen molar-refractivity contribution in [3.8, 4) is 11.8 Å². The fourth-order valence-corrected chi connectivity index (χ4v) is 4.16. The van der Waals surface area contributed by atoms with Gasteiger partial charge in [0.2, 0.25) is 0 Å². The molecule has 0 radical (unpaired) electrons. The first kappa shape index (κ1) is 20.4. The van der Waals surface area contributed by atoms with Gasteiger partial charge in [0, 0.05) is 27.6 Å². The minimum atomic E-state index is -0.265. The first-order valence-corrected chi connectivity index (χ1v) is 10.6. The number of aromatic nitrogens is 1. The van der Waals surface area contributed by atoms with Crippen LogP contribution in [0.25, 0.3) is 11.8 Å². The van der Waals surface area contributed by atoms with Crippen LogP contribution < -0.4 is 5.32 Å². The summed E-state index contributed by atoms with van der Waals surface area (Å²) in [6.07, 6.45) is 7.23. The summed E-state index contributed by atoms with van der Waals surface area (Å²) in [4.78, 5) is 12.6. The van der Waals surface area contributed by atoms with Gasteiger partial charge in [-0.05, 0) is 75.1 Å². The number of nitriles is 1. The number of carbonyl (C=O) groups is 1. The van der Waals surface area contributed by atoms with E-state index in [2.05, 4.69) is 50.9 Å². The first-order chi connectivity index (χ1) is 13.4. The van der Waals surface area contributed by atoms with Crippen molar-refractivity contribution in [1.29, 1.82) is 5.26 Å². The smallest absolute Gasteiger partial charge is 0.262 e. The lowest BCUT2D eigenvalue weighted by Gasteiger charge is -2.22.